The summed E-state index contributed by atoms with van der Waals surface area (Å²) in [7, 11) is -0.233. The van der Waals surface area contributed by atoms with Gasteiger partial charge in [-0.1, -0.05) is 0 Å². The van der Waals surface area contributed by atoms with Gasteiger partial charge in [0, 0.05) is 45.6 Å². The minimum atomic E-state index is -3.50. The summed E-state index contributed by atoms with van der Waals surface area (Å²) in [5, 5.41) is 12.8. The highest BCUT2D eigenvalue weighted by molar-refractivity contribution is 7.87. The molecule has 0 aliphatic heterocycles. The van der Waals surface area contributed by atoms with Crippen LogP contribution in [0.1, 0.15) is 17.7 Å². The van der Waals surface area contributed by atoms with Crippen molar-refractivity contribution in [2.24, 2.45) is 7.05 Å². The zero-order valence-electron chi connectivity index (χ0n) is 10.9. The van der Waals surface area contributed by atoms with Gasteiger partial charge >= 0.3 is 0 Å². The molecule has 0 amide bonds. The van der Waals surface area contributed by atoms with E-state index >= 15 is 0 Å². The van der Waals surface area contributed by atoms with Crippen molar-refractivity contribution in [3.05, 3.63) is 17.5 Å². The SMILES string of the molecule is Cc1nn(C)cc1CNS(=O)(=O)N(C)CCCO. The fourth-order valence-electron chi connectivity index (χ4n) is 1.51. The number of hydrogen-bond acceptors (Lipinski definition) is 4. The van der Waals surface area contributed by atoms with Crippen LogP contribution in [0, 0.1) is 6.92 Å². The third-order valence-corrected chi connectivity index (χ3v) is 4.11. The number of hydrogen-bond donors (Lipinski definition) is 2. The van der Waals surface area contributed by atoms with Crippen LogP contribution in [0.15, 0.2) is 6.20 Å². The molecule has 0 aromatic carbocycles. The first-order chi connectivity index (χ1) is 8.36. The van der Waals surface area contributed by atoms with E-state index in [4.69, 9.17) is 5.11 Å². The van der Waals surface area contributed by atoms with Crippen molar-refractivity contribution >= 4 is 10.2 Å². The molecule has 7 nitrogen and oxygen atoms in total. The lowest BCUT2D eigenvalue weighted by atomic mass is 10.3. The molecule has 0 bridgehead atoms. The van der Waals surface area contributed by atoms with Gasteiger partial charge in [0.15, 0.2) is 0 Å². The van der Waals surface area contributed by atoms with E-state index in [9.17, 15) is 8.42 Å². The summed E-state index contributed by atoms with van der Waals surface area (Å²) in [4.78, 5) is 0. The van der Waals surface area contributed by atoms with Crippen LogP contribution in [-0.4, -0.2) is 47.8 Å². The molecule has 0 spiro atoms. The minimum absolute atomic E-state index is 0.0262. The molecule has 0 saturated heterocycles. The van der Waals surface area contributed by atoms with E-state index in [1.807, 2.05) is 6.92 Å². The van der Waals surface area contributed by atoms with E-state index in [0.717, 1.165) is 11.3 Å². The molecule has 1 rings (SSSR count). The fourth-order valence-corrected chi connectivity index (χ4v) is 2.44. The number of nitrogens with one attached hydrogen (secondary N) is 1. The molecule has 104 valence electrons. The smallest absolute Gasteiger partial charge is 0.279 e. The number of nitrogens with zero attached hydrogens (tertiary/aromatic N) is 3. The van der Waals surface area contributed by atoms with Crippen LogP contribution in [0.2, 0.25) is 0 Å². The normalized spacial score (nSPS) is 12.3. The van der Waals surface area contributed by atoms with E-state index < -0.39 is 10.2 Å². The number of aliphatic hydroxyl groups is 1. The van der Waals surface area contributed by atoms with Crippen LogP contribution in [0.3, 0.4) is 0 Å². The summed E-state index contributed by atoms with van der Waals surface area (Å²) < 4.78 is 29.0. The summed E-state index contributed by atoms with van der Waals surface area (Å²) in [5.74, 6) is 0. The molecule has 0 aliphatic carbocycles. The molecule has 0 unspecified atom stereocenters. The van der Waals surface area contributed by atoms with E-state index in [-0.39, 0.29) is 19.7 Å². The van der Waals surface area contributed by atoms with Gasteiger partial charge in [0.25, 0.3) is 10.2 Å². The first-order valence-electron chi connectivity index (χ1n) is 5.67. The van der Waals surface area contributed by atoms with E-state index in [1.54, 1.807) is 17.9 Å². The van der Waals surface area contributed by atoms with Gasteiger partial charge in [-0.15, -0.1) is 0 Å². The summed E-state index contributed by atoms with van der Waals surface area (Å²) in [6.45, 7) is 2.31. The molecular weight excluding hydrogens is 256 g/mol. The Hall–Kier alpha value is -0.960. The van der Waals surface area contributed by atoms with Gasteiger partial charge in [-0.25, -0.2) is 0 Å². The highest BCUT2D eigenvalue weighted by atomic mass is 32.2. The number of aryl methyl sites for hydroxylation is 2. The Balaban J connectivity index is 2.59. The molecule has 0 radical (unpaired) electrons. The van der Waals surface area contributed by atoms with Crippen LogP contribution in [0.5, 0.6) is 0 Å². The Morgan fingerprint density at radius 1 is 1.56 bits per heavy atom. The lowest BCUT2D eigenvalue weighted by Gasteiger charge is -2.16. The van der Waals surface area contributed by atoms with Gasteiger partial charge in [-0.2, -0.15) is 22.5 Å². The molecular formula is C10H20N4O3S. The molecule has 18 heavy (non-hydrogen) atoms. The minimum Gasteiger partial charge on any atom is -0.396 e. The predicted octanol–water partition coefficient (Wildman–Crippen LogP) is -0.623. The van der Waals surface area contributed by atoms with Crippen LogP contribution >= 0.6 is 0 Å². The van der Waals surface area contributed by atoms with Crippen molar-refractivity contribution in [1.29, 1.82) is 0 Å². The standard InChI is InChI=1S/C10H20N4O3S/c1-9-10(8-13(2)12-9)7-11-18(16,17)14(3)5-4-6-15/h8,11,15H,4-7H2,1-3H3. The van der Waals surface area contributed by atoms with Gasteiger partial charge in [0.2, 0.25) is 0 Å². The van der Waals surface area contributed by atoms with E-state index in [1.165, 1.54) is 11.4 Å². The second-order valence-corrected chi connectivity index (χ2v) is 6.00. The number of rotatable bonds is 7. The molecule has 0 atom stereocenters. The molecule has 8 heteroatoms. The number of aromatic nitrogens is 2. The maximum absolute atomic E-state index is 11.8. The lowest BCUT2D eigenvalue weighted by Crippen LogP contribution is -2.38. The Morgan fingerprint density at radius 2 is 2.22 bits per heavy atom. The first kappa shape index (κ1) is 15.1. The summed E-state index contributed by atoms with van der Waals surface area (Å²) in [5.41, 5.74) is 1.65. The number of aliphatic hydroxyl groups excluding tert-OH is 1. The topological polar surface area (TPSA) is 87.5 Å². The van der Waals surface area contributed by atoms with Crippen molar-refractivity contribution in [3.63, 3.8) is 0 Å². The lowest BCUT2D eigenvalue weighted by molar-refractivity contribution is 0.275. The molecule has 1 aromatic heterocycles. The fraction of sp³-hybridized carbons (Fsp3) is 0.700. The maximum atomic E-state index is 11.8. The van der Waals surface area contributed by atoms with E-state index in [0.29, 0.717) is 6.42 Å². The maximum Gasteiger partial charge on any atom is 0.279 e. The largest absolute Gasteiger partial charge is 0.396 e. The molecule has 0 fully saturated rings. The van der Waals surface area contributed by atoms with Crippen LogP contribution in [0.4, 0.5) is 0 Å². The Bertz CT molecular complexity index is 483. The summed E-state index contributed by atoms with van der Waals surface area (Å²) in [6, 6.07) is 0. The highest BCUT2D eigenvalue weighted by Crippen LogP contribution is 2.05. The summed E-state index contributed by atoms with van der Waals surface area (Å²) >= 11 is 0. The Labute approximate surface area is 108 Å². The van der Waals surface area contributed by atoms with Crippen molar-refractivity contribution in [1.82, 2.24) is 18.8 Å². The molecule has 0 aliphatic rings. The van der Waals surface area contributed by atoms with Crippen molar-refractivity contribution in [3.8, 4) is 0 Å². The second-order valence-electron chi connectivity index (χ2n) is 4.14. The molecule has 1 heterocycles. The summed E-state index contributed by atoms with van der Waals surface area (Å²) in [6.07, 6.45) is 2.20. The van der Waals surface area contributed by atoms with Gasteiger partial charge in [0.05, 0.1) is 5.69 Å². The third-order valence-electron chi connectivity index (χ3n) is 2.60. The second kappa shape index (κ2) is 6.28. The van der Waals surface area contributed by atoms with Crippen LogP contribution in [-0.2, 0) is 23.8 Å². The predicted molar refractivity (Wildman–Crippen MR) is 68.0 cm³/mol. The van der Waals surface area contributed by atoms with E-state index in [2.05, 4.69) is 9.82 Å². The zero-order valence-corrected chi connectivity index (χ0v) is 11.7. The van der Waals surface area contributed by atoms with Gasteiger partial charge in [0.1, 0.15) is 0 Å². The Morgan fingerprint density at radius 3 is 2.72 bits per heavy atom. The average molecular weight is 276 g/mol. The monoisotopic (exact) mass is 276 g/mol. The van der Waals surface area contributed by atoms with Crippen molar-refractivity contribution < 1.29 is 13.5 Å². The molecule has 1 aromatic rings. The van der Waals surface area contributed by atoms with Gasteiger partial charge in [-0.3, -0.25) is 4.68 Å². The zero-order chi connectivity index (χ0) is 13.8. The van der Waals surface area contributed by atoms with Crippen molar-refractivity contribution in [2.45, 2.75) is 19.9 Å². The molecule has 0 saturated carbocycles. The van der Waals surface area contributed by atoms with Gasteiger partial charge in [-0.05, 0) is 13.3 Å². The quantitative estimate of drug-likeness (QED) is 0.694. The third kappa shape index (κ3) is 4.05. The van der Waals surface area contributed by atoms with Crippen LogP contribution in [0.25, 0.3) is 0 Å². The van der Waals surface area contributed by atoms with Crippen LogP contribution < -0.4 is 4.72 Å². The first-order valence-corrected chi connectivity index (χ1v) is 7.11. The molecule has 2 N–H and O–H groups in total. The Kier molecular flexibility index (Phi) is 5.27. The average Bonchev–Trinajstić information content (AvgIpc) is 2.62. The van der Waals surface area contributed by atoms with Gasteiger partial charge < -0.3 is 5.11 Å². The highest BCUT2D eigenvalue weighted by Gasteiger charge is 2.17. The van der Waals surface area contributed by atoms with Crippen molar-refractivity contribution in [2.75, 3.05) is 20.2 Å².